The second-order valence-electron chi connectivity index (χ2n) is 6.14. The quantitative estimate of drug-likeness (QED) is 0.725. The number of Topliss-reactive ketones (excluding diaryl/α,β-unsaturated/α-hetero) is 1. The number of nitriles is 1. The number of ketones is 1. The first kappa shape index (κ1) is 18.3. The van der Waals surface area contributed by atoms with E-state index in [9.17, 15) is 23.2 Å². The standard InChI is InChI=1S/C19H14ClF3N2O/c20-13-2-1-12(10-24)17(7-13)25-5-3-11(4-6-25)19(26)18-15(22)8-14(21)9-16(18)23/h1-2,7-9,11H,3-6H2. The van der Waals surface area contributed by atoms with Crippen molar-refractivity contribution in [2.24, 2.45) is 5.92 Å². The minimum absolute atomic E-state index is 0.368. The van der Waals surface area contributed by atoms with Crippen LogP contribution in [0.3, 0.4) is 0 Å². The zero-order valence-electron chi connectivity index (χ0n) is 13.6. The lowest BCUT2D eigenvalue weighted by molar-refractivity contribution is 0.0891. The van der Waals surface area contributed by atoms with Gasteiger partial charge in [0.25, 0.3) is 0 Å². The Balaban J connectivity index is 1.76. The Morgan fingerprint density at radius 2 is 1.73 bits per heavy atom. The SMILES string of the molecule is N#Cc1ccc(Cl)cc1N1CCC(C(=O)c2c(F)cc(F)cc2F)CC1. The second-order valence-corrected chi connectivity index (χ2v) is 6.58. The molecular formula is C19H14ClF3N2O. The molecule has 2 aromatic rings. The van der Waals surface area contributed by atoms with Crippen molar-refractivity contribution in [1.29, 1.82) is 5.26 Å². The Bertz CT molecular complexity index is 879. The summed E-state index contributed by atoms with van der Waals surface area (Å²) in [4.78, 5) is 14.4. The van der Waals surface area contributed by atoms with E-state index in [4.69, 9.17) is 11.6 Å². The van der Waals surface area contributed by atoms with Gasteiger partial charge in [0.15, 0.2) is 5.78 Å². The average molecular weight is 379 g/mol. The zero-order valence-corrected chi connectivity index (χ0v) is 14.4. The van der Waals surface area contributed by atoms with Crippen molar-refractivity contribution in [3.05, 3.63) is 63.9 Å². The summed E-state index contributed by atoms with van der Waals surface area (Å²) in [7, 11) is 0. The molecule has 0 saturated carbocycles. The number of benzene rings is 2. The van der Waals surface area contributed by atoms with Crippen LogP contribution in [0.15, 0.2) is 30.3 Å². The van der Waals surface area contributed by atoms with Crippen molar-refractivity contribution >= 4 is 23.1 Å². The molecule has 1 saturated heterocycles. The highest BCUT2D eigenvalue weighted by atomic mass is 35.5. The molecule has 0 bridgehead atoms. The van der Waals surface area contributed by atoms with Gasteiger partial charge in [-0.2, -0.15) is 5.26 Å². The van der Waals surface area contributed by atoms with Crippen molar-refractivity contribution < 1.29 is 18.0 Å². The smallest absolute Gasteiger partial charge is 0.171 e. The number of hydrogen-bond acceptors (Lipinski definition) is 3. The predicted octanol–water partition coefficient (Wildman–Crippen LogP) is 4.73. The van der Waals surface area contributed by atoms with E-state index in [1.54, 1.807) is 18.2 Å². The van der Waals surface area contributed by atoms with Gasteiger partial charge in [0.2, 0.25) is 0 Å². The minimum atomic E-state index is -1.18. The van der Waals surface area contributed by atoms with Crippen molar-refractivity contribution in [2.75, 3.05) is 18.0 Å². The first-order valence-corrected chi connectivity index (χ1v) is 8.42. The molecule has 0 radical (unpaired) electrons. The Kier molecular flexibility index (Phi) is 5.19. The van der Waals surface area contributed by atoms with Gasteiger partial charge in [-0.1, -0.05) is 11.6 Å². The number of carbonyl (C=O) groups is 1. The molecule has 1 aliphatic heterocycles. The summed E-state index contributed by atoms with van der Waals surface area (Å²) in [5, 5.41) is 9.72. The van der Waals surface area contributed by atoms with Crippen molar-refractivity contribution in [2.45, 2.75) is 12.8 Å². The third-order valence-electron chi connectivity index (χ3n) is 4.54. The van der Waals surface area contributed by atoms with E-state index in [-0.39, 0.29) is 0 Å². The van der Waals surface area contributed by atoms with Crippen LogP contribution in [0.4, 0.5) is 18.9 Å². The van der Waals surface area contributed by atoms with E-state index < -0.39 is 34.7 Å². The van der Waals surface area contributed by atoms with Crippen LogP contribution >= 0.6 is 11.6 Å². The van der Waals surface area contributed by atoms with Gasteiger partial charge in [-0.3, -0.25) is 4.79 Å². The molecule has 0 spiro atoms. The molecular weight excluding hydrogens is 365 g/mol. The lowest BCUT2D eigenvalue weighted by Gasteiger charge is -2.33. The van der Waals surface area contributed by atoms with Crippen LogP contribution in [-0.4, -0.2) is 18.9 Å². The fourth-order valence-corrected chi connectivity index (χ4v) is 3.39. The molecule has 26 heavy (non-hydrogen) atoms. The first-order valence-electron chi connectivity index (χ1n) is 8.04. The third kappa shape index (κ3) is 3.54. The van der Waals surface area contributed by atoms with E-state index in [1.807, 2.05) is 4.90 Å². The molecule has 0 atom stereocenters. The Morgan fingerprint density at radius 1 is 1.12 bits per heavy atom. The molecule has 0 aromatic heterocycles. The Hall–Kier alpha value is -2.52. The molecule has 1 aliphatic rings. The van der Waals surface area contributed by atoms with Crippen LogP contribution in [0.5, 0.6) is 0 Å². The van der Waals surface area contributed by atoms with Gasteiger partial charge >= 0.3 is 0 Å². The summed E-state index contributed by atoms with van der Waals surface area (Å²) < 4.78 is 40.7. The van der Waals surface area contributed by atoms with Gasteiger partial charge in [-0.25, -0.2) is 13.2 Å². The first-order chi connectivity index (χ1) is 12.4. The number of anilines is 1. The molecule has 3 nitrogen and oxygen atoms in total. The maximum atomic E-state index is 13.8. The molecule has 7 heteroatoms. The fourth-order valence-electron chi connectivity index (χ4n) is 3.23. The Labute approximate surface area is 153 Å². The third-order valence-corrected chi connectivity index (χ3v) is 4.78. The highest BCUT2D eigenvalue weighted by molar-refractivity contribution is 6.30. The number of halogens is 4. The molecule has 0 aliphatic carbocycles. The van der Waals surface area contributed by atoms with E-state index >= 15 is 0 Å². The van der Waals surface area contributed by atoms with Crippen LogP contribution in [0, 0.1) is 34.7 Å². The largest absolute Gasteiger partial charge is 0.370 e. The molecule has 0 amide bonds. The van der Waals surface area contributed by atoms with Gasteiger partial charge < -0.3 is 4.90 Å². The van der Waals surface area contributed by atoms with Gasteiger partial charge in [-0.15, -0.1) is 0 Å². The molecule has 0 unspecified atom stereocenters. The van der Waals surface area contributed by atoms with Crippen molar-refractivity contribution in [3.8, 4) is 6.07 Å². The zero-order chi connectivity index (χ0) is 18.8. The summed E-state index contributed by atoms with van der Waals surface area (Å²) in [5.41, 5.74) is 0.449. The Morgan fingerprint density at radius 3 is 2.31 bits per heavy atom. The topological polar surface area (TPSA) is 44.1 Å². The molecule has 1 fully saturated rings. The van der Waals surface area contributed by atoms with E-state index in [1.165, 1.54) is 0 Å². The lowest BCUT2D eigenvalue weighted by atomic mass is 9.88. The summed E-state index contributed by atoms with van der Waals surface area (Å²) >= 11 is 6.00. The summed E-state index contributed by atoms with van der Waals surface area (Å²) in [6.45, 7) is 0.881. The second kappa shape index (κ2) is 7.38. The lowest BCUT2D eigenvalue weighted by Crippen LogP contribution is -2.37. The van der Waals surface area contributed by atoms with Gasteiger partial charge in [0.1, 0.15) is 23.5 Å². The van der Waals surface area contributed by atoms with Crippen LogP contribution in [0.25, 0.3) is 0 Å². The van der Waals surface area contributed by atoms with E-state index in [0.717, 1.165) is 0 Å². The summed E-state index contributed by atoms with van der Waals surface area (Å²) in [5.74, 6) is -4.65. The van der Waals surface area contributed by atoms with Crippen LogP contribution < -0.4 is 4.90 Å². The number of piperidine rings is 1. The molecule has 0 N–H and O–H groups in total. The van der Waals surface area contributed by atoms with Gasteiger partial charge in [0.05, 0.1) is 16.8 Å². The van der Waals surface area contributed by atoms with Crippen LogP contribution in [0.2, 0.25) is 5.02 Å². The summed E-state index contributed by atoms with van der Waals surface area (Å²) in [6, 6.07) is 8.05. The predicted molar refractivity (Wildman–Crippen MR) is 91.8 cm³/mol. The van der Waals surface area contributed by atoms with E-state index in [2.05, 4.69) is 6.07 Å². The van der Waals surface area contributed by atoms with Gasteiger partial charge in [0, 0.05) is 36.2 Å². The monoisotopic (exact) mass is 378 g/mol. The van der Waals surface area contributed by atoms with Crippen LogP contribution in [0.1, 0.15) is 28.8 Å². The maximum Gasteiger partial charge on any atom is 0.171 e. The number of carbonyl (C=O) groups excluding carboxylic acids is 1. The number of hydrogen-bond donors (Lipinski definition) is 0. The summed E-state index contributed by atoms with van der Waals surface area (Å²) in [6.07, 6.45) is 0.735. The highest BCUT2D eigenvalue weighted by Crippen LogP contribution is 2.31. The maximum absolute atomic E-state index is 13.8. The number of rotatable bonds is 3. The van der Waals surface area contributed by atoms with Crippen molar-refractivity contribution in [3.63, 3.8) is 0 Å². The molecule has 2 aromatic carbocycles. The molecule has 1 heterocycles. The van der Waals surface area contributed by atoms with Crippen molar-refractivity contribution in [1.82, 2.24) is 0 Å². The normalized spacial score (nSPS) is 15.0. The van der Waals surface area contributed by atoms with E-state index in [0.29, 0.717) is 54.3 Å². The molecule has 3 rings (SSSR count). The fraction of sp³-hybridized carbons (Fsp3) is 0.263. The average Bonchev–Trinajstić information content (AvgIpc) is 2.61. The van der Waals surface area contributed by atoms with Gasteiger partial charge in [-0.05, 0) is 31.0 Å². The number of nitrogens with zero attached hydrogens (tertiary/aromatic N) is 2. The highest BCUT2D eigenvalue weighted by Gasteiger charge is 2.30. The van der Waals surface area contributed by atoms with Crippen LogP contribution in [-0.2, 0) is 0 Å². The minimum Gasteiger partial charge on any atom is -0.370 e. The molecule has 134 valence electrons.